The van der Waals surface area contributed by atoms with Crippen molar-refractivity contribution in [1.82, 2.24) is 9.80 Å². The fraction of sp³-hybridized carbons (Fsp3) is 0.182. The van der Waals surface area contributed by atoms with E-state index in [1.807, 2.05) is 48.5 Å². The Labute approximate surface area is 165 Å². The molecule has 6 nitrogen and oxygen atoms in total. The van der Waals surface area contributed by atoms with Gasteiger partial charge in [0, 0.05) is 49.3 Å². The van der Waals surface area contributed by atoms with Crippen LogP contribution >= 0.6 is 0 Å². The number of nitriles is 1. The van der Waals surface area contributed by atoms with E-state index in [0.717, 1.165) is 37.8 Å². The van der Waals surface area contributed by atoms with Gasteiger partial charge in [0.1, 0.15) is 0 Å². The van der Waals surface area contributed by atoms with Crippen LogP contribution in [0.5, 0.6) is 0 Å². The third kappa shape index (κ3) is 3.77. The van der Waals surface area contributed by atoms with Crippen LogP contribution in [0.1, 0.15) is 5.56 Å². The number of hydrogen-bond acceptors (Lipinski definition) is 5. The first-order valence-electron chi connectivity index (χ1n) is 9.11. The lowest BCUT2D eigenvalue weighted by Gasteiger charge is -2.25. The minimum Gasteiger partial charge on any atom is -0.356 e. The fourth-order valence-electron chi connectivity index (χ4n) is 3.31. The largest absolute Gasteiger partial charge is 0.356 e. The molecule has 138 valence electrons. The first-order valence-corrected chi connectivity index (χ1v) is 9.11. The van der Waals surface area contributed by atoms with Gasteiger partial charge in [0.05, 0.1) is 31.5 Å². The second-order valence-electron chi connectivity index (χ2n) is 6.74. The highest BCUT2D eigenvalue weighted by molar-refractivity contribution is 5.60. The Morgan fingerprint density at radius 1 is 0.857 bits per heavy atom. The van der Waals surface area contributed by atoms with E-state index in [-0.39, 0.29) is 0 Å². The second-order valence-corrected chi connectivity index (χ2v) is 6.74. The van der Waals surface area contributed by atoms with Gasteiger partial charge < -0.3 is 19.6 Å². The summed E-state index contributed by atoms with van der Waals surface area (Å²) in [6.07, 6.45) is 8.30. The van der Waals surface area contributed by atoms with Crippen LogP contribution in [0.3, 0.4) is 0 Å². The molecule has 0 N–H and O–H groups in total. The van der Waals surface area contributed by atoms with Gasteiger partial charge in [-0.05, 0) is 30.3 Å². The van der Waals surface area contributed by atoms with E-state index in [1.54, 1.807) is 0 Å². The van der Waals surface area contributed by atoms with E-state index in [0.29, 0.717) is 11.3 Å². The number of rotatable bonds is 5. The summed E-state index contributed by atoms with van der Waals surface area (Å²) in [5, 5.41) is 9.07. The van der Waals surface area contributed by atoms with E-state index in [9.17, 15) is 0 Å². The molecule has 0 bridgehead atoms. The normalized spacial score (nSPS) is 15.2. The Kier molecular flexibility index (Phi) is 4.86. The van der Waals surface area contributed by atoms with Crippen molar-refractivity contribution in [3.05, 3.63) is 90.3 Å². The van der Waals surface area contributed by atoms with Crippen LogP contribution in [0.4, 0.5) is 17.1 Å². The third-order valence-electron chi connectivity index (χ3n) is 4.85. The number of benzene rings is 2. The minimum absolute atomic E-state index is 0.659. The molecular formula is C22H20N6. The van der Waals surface area contributed by atoms with Crippen molar-refractivity contribution in [2.75, 3.05) is 36.2 Å². The van der Waals surface area contributed by atoms with Crippen LogP contribution in [0.2, 0.25) is 0 Å². The van der Waals surface area contributed by atoms with Gasteiger partial charge in [-0.2, -0.15) is 5.26 Å². The maximum absolute atomic E-state index is 9.07. The Morgan fingerprint density at radius 3 is 2.07 bits per heavy atom. The van der Waals surface area contributed by atoms with Crippen molar-refractivity contribution in [3.63, 3.8) is 0 Å². The molecule has 2 aliphatic heterocycles. The van der Waals surface area contributed by atoms with E-state index in [4.69, 9.17) is 11.8 Å². The highest BCUT2D eigenvalue weighted by Crippen LogP contribution is 2.24. The van der Waals surface area contributed by atoms with Crippen LogP contribution in [-0.4, -0.2) is 36.2 Å². The summed E-state index contributed by atoms with van der Waals surface area (Å²) >= 11 is 0. The van der Waals surface area contributed by atoms with Crippen molar-refractivity contribution >= 4 is 17.1 Å². The first kappa shape index (κ1) is 17.5. The van der Waals surface area contributed by atoms with Crippen molar-refractivity contribution < 1.29 is 0 Å². The molecule has 6 heteroatoms. The molecule has 0 spiro atoms. The standard InChI is InChI=1S/C22H20N6/c1-24-20-5-3-7-22(15-20)28-13-11-26(18-28)9-8-25-10-12-27(17-25)21-6-2-4-19(14-21)16-23/h2-7,10-15H,8-9,17-18H2. The fourth-order valence-corrected chi connectivity index (χ4v) is 3.31. The van der Waals surface area contributed by atoms with Crippen molar-refractivity contribution in [2.24, 2.45) is 0 Å². The maximum Gasteiger partial charge on any atom is 0.189 e. The number of nitrogens with zero attached hydrogens (tertiary/aromatic N) is 6. The number of hydrogen-bond donors (Lipinski definition) is 0. The zero-order valence-electron chi connectivity index (χ0n) is 15.4. The summed E-state index contributed by atoms with van der Waals surface area (Å²) < 4.78 is 0. The minimum atomic E-state index is 0.659. The Morgan fingerprint density at radius 2 is 1.46 bits per heavy atom. The Bertz CT molecular complexity index is 915. The van der Waals surface area contributed by atoms with Crippen molar-refractivity contribution in [2.45, 2.75) is 0 Å². The molecule has 0 saturated heterocycles. The molecule has 0 unspecified atom stereocenters. The molecule has 28 heavy (non-hydrogen) atoms. The van der Waals surface area contributed by atoms with E-state index in [1.165, 1.54) is 0 Å². The van der Waals surface area contributed by atoms with Gasteiger partial charge >= 0.3 is 0 Å². The molecule has 0 aromatic heterocycles. The predicted octanol–water partition coefficient (Wildman–Crippen LogP) is 3.91. The van der Waals surface area contributed by atoms with E-state index in [2.05, 4.69) is 55.3 Å². The molecule has 0 aliphatic carbocycles. The highest BCUT2D eigenvalue weighted by atomic mass is 15.4. The molecule has 0 saturated carbocycles. The van der Waals surface area contributed by atoms with E-state index < -0.39 is 0 Å². The molecule has 0 atom stereocenters. The molecule has 2 aromatic carbocycles. The molecular weight excluding hydrogens is 348 g/mol. The first-order chi connectivity index (χ1) is 13.7. The Hall–Kier alpha value is -3.90. The van der Waals surface area contributed by atoms with Crippen LogP contribution in [0.15, 0.2) is 73.3 Å². The van der Waals surface area contributed by atoms with Gasteiger partial charge in [0.25, 0.3) is 0 Å². The Balaban J connectivity index is 1.28. The average molecular weight is 368 g/mol. The quantitative estimate of drug-likeness (QED) is 0.749. The molecule has 4 rings (SSSR count). The van der Waals surface area contributed by atoms with Crippen molar-refractivity contribution in [3.8, 4) is 6.07 Å². The van der Waals surface area contributed by atoms with Gasteiger partial charge in [-0.25, -0.2) is 4.85 Å². The third-order valence-corrected chi connectivity index (χ3v) is 4.85. The van der Waals surface area contributed by atoms with Crippen LogP contribution in [0.25, 0.3) is 4.85 Å². The van der Waals surface area contributed by atoms with Gasteiger partial charge in [0.2, 0.25) is 0 Å². The summed E-state index contributed by atoms with van der Waals surface area (Å²) in [7, 11) is 0. The second kappa shape index (κ2) is 7.77. The lowest BCUT2D eigenvalue weighted by Crippen LogP contribution is -2.33. The molecule has 2 heterocycles. The molecule has 2 aliphatic rings. The number of anilines is 2. The lowest BCUT2D eigenvalue weighted by atomic mass is 10.2. The maximum atomic E-state index is 9.07. The van der Waals surface area contributed by atoms with Gasteiger partial charge in [-0.1, -0.05) is 18.2 Å². The average Bonchev–Trinajstić information content (AvgIpc) is 3.42. The monoisotopic (exact) mass is 368 g/mol. The van der Waals surface area contributed by atoms with Gasteiger partial charge in [-0.3, -0.25) is 0 Å². The molecule has 0 radical (unpaired) electrons. The summed E-state index contributed by atoms with van der Waals surface area (Å²) in [5.41, 5.74) is 3.41. The zero-order valence-corrected chi connectivity index (χ0v) is 15.4. The topological polar surface area (TPSA) is 41.1 Å². The summed E-state index contributed by atoms with van der Waals surface area (Å²) in [6, 6.07) is 17.5. The van der Waals surface area contributed by atoms with Gasteiger partial charge in [0.15, 0.2) is 5.69 Å². The van der Waals surface area contributed by atoms with Crippen molar-refractivity contribution in [1.29, 1.82) is 5.26 Å². The van der Waals surface area contributed by atoms with Gasteiger partial charge in [-0.15, -0.1) is 0 Å². The summed E-state index contributed by atoms with van der Waals surface area (Å²) in [4.78, 5) is 12.3. The van der Waals surface area contributed by atoms with Crippen LogP contribution in [0, 0.1) is 17.9 Å². The lowest BCUT2D eigenvalue weighted by molar-refractivity contribution is 0.322. The van der Waals surface area contributed by atoms with Crippen LogP contribution < -0.4 is 9.80 Å². The smallest absolute Gasteiger partial charge is 0.189 e. The predicted molar refractivity (Wildman–Crippen MR) is 110 cm³/mol. The summed E-state index contributed by atoms with van der Waals surface area (Å²) in [5.74, 6) is 0. The molecule has 0 fully saturated rings. The van der Waals surface area contributed by atoms with E-state index >= 15 is 0 Å². The zero-order chi connectivity index (χ0) is 19.3. The highest BCUT2D eigenvalue weighted by Gasteiger charge is 2.17. The van der Waals surface area contributed by atoms with Crippen LogP contribution in [-0.2, 0) is 0 Å². The molecule has 2 aromatic rings. The molecule has 0 amide bonds. The summed E-state index contributed by atoms with van der Waals surface area (Å²) in [6.45, 7) is 10.5. The SMILES string of the molecule is [C-]#[N+]c1cccc(N2C=CN(CCN3C=CN(c4cccc(C#N)c4)C3)C2)c1.